The van der Waals surface area contributed by atoms with Crippen LogP contribution in [-0.2, 0) is 6.42 Å². The van der Waals surface area contributed by atoms with Gasteiger partial charge in [-0.05, 0) is 30.5 Å². The third-order valence-electron chi connectivity index (χ3n) is 4.25. The van der Waals surface area contributed by atoms with Crippen LogP contribution in [0.2, 0.25) is 0 Å². The Bertz CT molecular complexity index is 630. The van der Waals surface area contributed by atoms with Crippen LogP contribution in [-0.4, -0.2) is 17.8 Å². The molecule has 0 spiro atoms. The zero-order valence-electron chi connectivity index (χ0n) is 10.9. The number of fused-ring (bicyclic) bond motifs is 3. The van der Waals surface area contributed by atoms with Crippen molar-refractivity contribution in [1.82, 2.24) is 5.01 Å². The van der Waals surface area contributed by atoms with E-state index in [0.29, 0.717) is 5.92 Å². The van der Waals surface area contributed by atoms with E-state index in [1.54, 1.807) is 6.26 Å². The lowest BCUT2D eigenvalue weighted by atomic mass is 9.78. The van der Waals surface area contributed by atoms with E-state index in [9.17, 15) is 0 Å². The monoisotopic (exact) mass is 252 g/mol. The van der Waals surface area contributed by atoms with Gasteiger partial charge in [0.15, 0.2) is 0 Å². The Morgan fingerprint density at radius 1 is 1.21 bits per heavy atom. The van der Waals surface area contributed by atoms with Crippen molar-refractivity contribution in [2.75, 3.05) is 7.05 Å². The first-order chi connectivity index (χ1) is 9.34. The van der Waals surface area contributed by atoms with Gasteiger partial charge < -0.3 is 4.42 Å². The van der Waals surface area contributed by atoms with Crippen LogP contribution in [0, 0.1) is 5.92 Å². The lowest BCUT2D eigenvalue weighted by Crippen LogP contribution is -2.27. The van der Waals surface area contributed by atoms with Crippen molar-refractivity contribution >= 4 is 5.71 Å². The molecule has 1 aromatic carbocycles. The third kappa shape index (κ3) is 1.54. The molecule has 0 N–H and O–H groups in total. The predicted octanol–water partition coefficient (Wildman–Crippen LogP) is 3.23. The molecule has 4 rings (SSSR count). The standard InChI is InChI=1S/C16H16N2O/c1-18-16(14-7-4-10-19-14)13-9-8-11-5-2-3-6-12(11)15(13)17-18/h2-7,10,13,16H,8-9H2,1H3. The van der Waals surface area contributed by atoms with E-state index in [4.69, 9.17) is 9.52 Å². The van der Waals surface area contributed by atoms with Gasteiger partial charge in [-0.3, -0.25) is 5.01 Å². The Morgan fingerprint density at radius 3 is 2.95 bits per heavy atom. The molecule has 3 heteroatoms. The van der Waals surface area contributed by atoms with Crippen LogP contribution in [0.4, 0.5) is 0 Å². The molecular weight excluding hydrogens is 236 g/mol. The maximum Gasteiger partial charge on any atom is 0.128 e. The molecule has 2 unspecified atom stereocenters. The highest BCUT2D eigenvalue weighted by molar-refractivity contribution is 6.05. The van der Waals surface area contributed by atoms with Crippen LogP contribution < -0.4 is 0 Å². The average Bonchev–Trinajstić information content (AvgIpc) is 3.04. The maximum absolute atomic E-state index is 5.61. The van der Waals surface area contributed by atoms with E-state index < -0.39 is 0 Å². The fraction of sp³-hybridized carbons (Fsp3) is 0.312. The molecule has 0 radical (unpaired) electrons. The summed E-state index contributed by atoms with van der Waals surface area (Å²) >= 11 is 0. The molecule has 1 aromatic heterocycles. The molecule has 2 heterocycles. The predicted molar refractivity (Wildman–Crippen MR) is 74.0 cm³/mol. The van der Waals surface area contributed by atoms with Gasteiger partial charge in [0, 0.05) is 18.5 Å². The van der Waals surface area contributed by atoms with Crippen molar-refractivity contribution in [3.63, 3.8) is 0 Å². The Morgan fingerprint density at radius 2 is 2.11 bits per heavy atom. The van der Waals surface area contributed by atoms with Crippen LogP contribution in [0.5, 0.6) is 0 Å². The van der Waals surface area contributed by atoms with Gasteiger partial charge in [-0.25, -0.2) is 0 Å². The van der Waals surface area contributed by atoms with Crippen molar-refractivity contribution in [3.8, 4) is 0 Å². The summed E-state index contributed by atoms with van der Waals surface area (Å²) < 4.78 is 5.61. The highest BCUT2D eigenvalue weighted by atomic mass is 16.3. The molecule has 1 aliphatic carbocycles. The van der Waals surface area contributed by atoms with E-state index in [0.717, 1.165) is 18.6 Å². The fourth-order valence-electron chi connectivity index (χ4n) is 3.41. The zero-order chi connectivity index (χ0) is 12.8. The van der Waals surface area contributed by atoms with E-state index in [1.807, 2.05) is 13.1 Å². The molecule has 0 fully saturated rings. The lowest BCUT2D eigenvalue weighted by Gasteiger charge is -2.27. The number of nitrogens with zero attached hydrogens (tertiary/aromatic N) is 2. The summed E-state index contributed by atoms with van der Waals surface area (Å²) in [5, 5.41) is 6.84. The van der Waals surface area contributed by atoms with Crippen molar-refractivity contribution in [1.29, 1.82) is 0 Å². The third-order valence-corrected chi connectivity index (χ3v) is 4.25. The Hall–Kier alpha value is -2.03. The smallest absolute Gasteiger partial charge is 0.128 e. The molecule has 0 bridgehead atoms. The number of aryl methyl sites for hydroxylation is 1. The molecular formula is C16H16N2O. The number of benzene rings is 1. The summed E-state index contributed by atoms with van der Waals surface area (Å²) in [4.78, 5) is 0. The molecule has 0 saturated carbocycles. The minimum Gasteiger partial charge on any atom is -0.467 e. The molecule has 19 heavy (non-hydrogen) atoms. The van der Waals surface area contributed by atoms with Gasteiger partial charge in [0.05, 0.1) is 12.0 Å². The second kappa shape index (κ2) is 3.98. The summed E-state index contributed by atoms with van der Waals surface area (Å²) in [6.07, 6.45) is 4.02. The molecule has 96 valence electrons. The van der Waals surface area contributed by atoms with Gasteiger partial charge in [0.2, 0.25) is 0 Å². The minimum atomic E-state index is 0.248. The quantitative estimate of drug-likeness (QED) is 0.779. The second-order valence-corrected chi connectivity index (χ2v) is 5.32. The summed E-state index contributed by atoms with van der Waals surface area (Å²) in [5.74, 6) is 1.47. The molecule has 1 aliphatic heterocycles. The topological polar surface area (TPSA) is 28.7 Å². The molecule has 0 amide bonds. The molecule has 0 saturated heterocycles. The van der Waals surface area contributed by atoms with Gasteiger partial charge in [-0.15, -0.1) is 0 Å². The first kappa shape index (κ1) is 10.9. The second-order valence-electron chi connectivity index (χ2n) is 5.32. The number of hydrogen-bond acceptors (Lipinski definition) is 3. The van der Waals surface area contributed by atoms with Gasteiger partial charge in [-0.2, -0.15) is 5.10 Å². The van der Waals surface area contributed by atoms with E-state index >= 15 is 0 Å². The summed E-state index contributed by atoms with van der Waals surface area (Å²) in [6.45, 7) is 0. The molecule has 2 aliphatic rings. The SMILES string of the molecule is CN1N=C2c3ccccc3CCC2C1c1ccco1. The summed E-state index contributed by atoms with van der Waals surface area (Å²) in [5.41, 5.74) is 3.97. The summed E-state index contributed by atoms with van der Waals surface area (Å²) in [7, 11) is 2.04. The molecule has 3 nitrogen and oxygen atoms in total. The number of furan rings is 1. The summed E-state index contributed by atoms with van der Waals surface area (Å²) in [6, 6.07) is 12.9. The van der Waals surface area contributed by atoms with Crippen molar-refractivity contribution in [2.45, 2.75) is 18.9 Å². The zero-order valence-corrected chi connectivity index (χ0v) is 10.9. The van der Waals surface area contributed by atoms with Crippen molar-refractivity contribution in [2.24, 2.45) is 11.0 Å². The van der Waals surface area contributed by atoms with E-state index in [-0.39, 0.29) is 6.04 Å². The normalized spacial score (nSPS) is 24.9. The van der Waals surface area contributed by atoms with Gasteiger partial charge in [0.25, 0.3) is 0 Å². The highest BCUT2D eigenvalue weighted by Crippen LogP contribution is 2.42. The van der Waals surface area contributed by atoms with Gasteiger partial charge >= 0.3 is 0 Å². The van der Waals surface area contributed by atoms with E-state index in [1.165, 1.54) is 16.8 Å². The van der Waals surface area contributed by atoms with Gasteiger partial charge in [-0.1, -0.05) is 24.3 Å². The lowest BCUT2D eigenvalue weighted by molar-refractivity contribution is 0.211. The van der Waals surface area contributed by atoms with E-state index in [2.05, 4.69) is 35.3 Å². The molecule has 2 aromatic rings. The molecule has 2 atom stereocenters. The van der Waals surface area contributed by atoms with Crippen LogP contribution in [0.15, 0.2) is 52.2 Å². The largest absolute Gasteiger partial charge is 0.467 e. The van der Waals surface area contributed by atoms with Crippen molar-refractivity contribution in [3.05, 3.63) is 59.5 Å². The Labute approximate surface area is 112 Å². The van der Waals surface area contributed by atoms with Crippen LogP contribution in [0.3, 0.4) is 0 Å². The fourth-order valence-corrected chi connectivity index (χ4v) is 3.41. The Kier molecular flexibility index (Phi) is 2.28. The van der Waals surface area contributed by atoms with Crippen molar-refractivity contribution < 1.29 is 4.42 Å². The number of hydrazone groups is 1. The van der Waals surface area contributed by atoms with Crippen LogP contribution in [0.1, 0.15) is 29.3 Å². The highest BCUT2D eigenvalue weighted by Gasteiger charge is 2.41. The van der Waals surface area contributed by atoms with Crippen LogP contribution >= 0.6 is 0 Å². The first-order valence-electron chi connectivity index (χ1n) is 6.77. The average molecular weight is 252 g/mol. The van der Waals surface area contributed by atoms with Crippen LogP contribution in [0.25, 0.3) is 0 Å². The van der Waals surface area contributed by atoms with Gasteiger partial charge in [0.1, 0.15) is 11.8 Å². The Balaban J connectivity index is 1.78. The first-order valence-corrected chi connectivity index (χ1v) is 6.77. The minimum absolute atomic E-state index is 0.248. The number of rotatable bonds is 1. The number of hydrogen-bond donors (Lipinski definition) is 0. The maximum atomic E-state index is 5.61.